The Kier molecular flexibility index (Phi) is 10.1. The Morgan fingerprint density at radius 3 is 2.62 bits per heavy atom. The number of nitrogens with zero attached hydrogens (tertiary/aromatic N) is 1. The van der Waals surface area contributed by atoms with Gasteiger partial charge in [-0.3, -0.25) is 5.01 Å². The molecule has 0 radical (unpaired) electrons. The van der Waals surface area contributed by atoms with Gasteiger partial charge in [0.1, 0.15) is 0 Å². The molecule has 6 nitrogen and oxygen atoms in total. The predicted molar refractivity (Wildman–Crippen MR) is 99.0 cm³/mol. The van der Waals surface area contributed by atoms with Crippen molar-refractivity contribution in [3.8, 4) is 0 Å². The van der Waals surface area contributed by atoms with Gasteiger partial charge in [-0.15, -0.1) is 0 Å². The highest BCUT2D eigenvalue weighted by molar-refractivity contribution is 5.48. The zero-order valence-electron chi connectivity index (χ0n) is 15.1. The van der Waals surface area contributed by atoms with Crippen LogP contribution in [0.5, 0.6) is 0 Å². The van der Waals surface area contributed by atoms with E-state index >= 15 is 0 Å². The molecule has 1 atom stereocenters. The molecule has 1 fully saturated rings. The highest BCUT2D eigenvalue weighted by Gasteiger charge is 2.14. The van der Waals surface area contributed by atoms with E-state index in [9.17, 15) is 0 Å². The van der Waals surface area contributed by atoms with Crippen LogP contribution in [-0.4, -0.2) is 26.6 Å². The minimum absolute atomic E-state index is 0.146. The van der Waals surface area contributed by atoms with Gasteiger partial charge in [-0.25, -0.2) is 5.84 Å². The average Bonchev–Trinajstić information content (AvgIpc) is 2.63. The van der Waals surface area contributed by atoms with Crippen molar-refractivity contribution in [1.29, 1.82) is 0 Å². The SMILES string of the molecule is CC.CNCc1ccc(N(N)/C=C(\N)COC2CCCCO2)cc1. The molecule has 1 heterocycles. The third-order valence-electron chi connectivity index (χ3n) is 3.49. The summed E-state index contributed by atoms with van der Waals surface area (Å²) in [4.78, 5) is 0. The summed E-state index contributed by atoms with van der Waals surface area (Å²) in [6.07, 6.45) is 4.69. The van der Waals surface area contributed by atoms with Gasteiger partial charge in [-0.1, -0.05) is 26.0 Å². The summed E-state index contributed by atoms with van der Waals surface area (Å²) in [6.45, 7) is 5.91. The molecule has 136 valence electrons. The highest BCUT2D eigenvalue weighted by atomic mass is 16.7. The van der Waals surface area contributed by atoms with E-state index in [0.717, 1.165) is 38.1 Å². The van der Waals surface area contributed by atoms with Crippen molar-refractivity contribution in [2.45, 2.75) is 45.9 Å². The first kappa shape index (κ1) is 20.4. The maximum Gasteiger partial charge on any atom is 0.158 e. The van der Waals surface area contributed by atoms with Crippen LogP contribution in [0.25, 0.3) is 0 Å². The Morgan fingerprint density at radius 2 is 2.04 bits per heavy atom. The molecule has 1 aromatic rings. The second kappa shape index (κ2) is 11.9. The molecule has 1 aliphatic rings. The first-order valence-corrected chi connectivity index (χ1v) is 8.66. The maximum atomic E-state index is 6.00. The fraction of sp³-hybridized carbons (Fsp3) is 0.556. The van der Waals surface area contributed by atoms with E-state index in [1.165, 1.54) is 10.6 Å². The quantitative estimate of drug-likeness (QED) is 0.524. The largest absolute Gasteiger partial charge is 0.399 e. The van der Waals surface area contributed by atoms with Crippen molar-refractivity contribution >= 4 is 5.69 Å². The van der Waals surface area contributed by atoms with Crippen molar-refractivity contribution in [1.82, 2.24) is 5.32 Å². The number of hydrogen-bond acceptors (Lipinski definition) is 6. The van der Waals surface area contributed by atoms with Gasteiger partial charge in [0, 0.05) is 19.4 Å². The summed E-state index contributed by atoms with van der Waals surface area (Å²) in [5, 5.41) is 4.61. The van der Waals surface area contributed by atoms with Crippen LogP contribution in [-0.2, 0) is 16.0 Å². The normalized spacial score (nSPS) is 17.8. The summed E-state index contributed by atoms with van der Waals surface area (Å²) < 4.78 is 11.1. The van der Waals surface area contributed by atoms with E-state index in [4.69, 9.17) is 21.1 Å². The highest BCUT2D eigenvalue weighted by Crippen LogP contribution is 2.15. The predicted octanol–water partition coefficient (Wildman–Crippen LogP) is 2.46. The molecule has 0 aliphatic carbocycles. The standard InChI is InChI=1S/C16H26N4O2.C2H6/c1-19-10-13-5-7-15(8-6-13)20(18)11-14(17)12-22-16-4-2-3-9-21-16;1-2/h5-8,11,16,19H,2-4,9-10,12,17-18H2,1H3;1-2H3/b14-11-;. The summed E-state index contributed by atoms with van der Waals surface area (Å²) in [7, 11) is 1.92. The van der Waals surface area contributed by atoms with Gasteiger partial charge in [0.05, 0.1) is 18.0 Å². The van der Waals surface area contributed by atoms with Gasteiger partial charge < -0.3 is 20.5 Å². The van der Waals surface area contributed by atoms with Crippen LogP contribution in [0.15, 0.2) is 36.2 Å². The molecular formula is C18H32N4O2. The van der Waals surface area contributed by atoms with Crippen LogP contribution in [0.4, 0.5) is 5.69 Å². The second-order valence-corrected chi connectivity index (χ2v) is 5.42. The molecule has 0 saturated carbocycles. The Morgan fingerprint density at radius 1 is 1.33 bits per heavy atom. The summed E-state index contributed by atoms with van der Waals surface area (Å²) in [6, 6.07) is 7.98. The number of hydrazine groups is 1. The van der Waals surface area contributed by atoms with Gasteiger partial charge in [-0.05, 0) is 44.0 Å². The first-order chi connectivity index (χ1) is 11.7. The Hall–Kier alpha value is -1.60. The topological polar surface area (TPSA) is 85.8 Å². The molecule has 0 spiro atoms. The summed E-state index contributed by atoms with van der Waals surface area (Å²) >= 11 is 0. The van der Waals surface area contributed by atoms with Gasteiger partial charge in [0.2, 0.25) is 0 Å². The molecule has 1 aliphatic heterocycles. The van der Waals surface area contributed by atoms with E-state index in [-0.39, 0.29) is 6.29 Å². The number of anilines is 1. The fourth-order valence-electron chi connectivity index (χ4n) is 2.31. The van der Waals surface area contributed by atoms with Crippen LogP contribution < -0.4 is 21.9 Å². The van der Waals surface area contributed by atoms with Crippen LogP contribution in [0, 0.1) is 0 Å². The minimum atomic E-state index is -0.146. The molecule has 0 amide bonds. The summed E-state index contributed by atoms with van der Waals surface area (Å²) in [5.74, 6) is 6.00. The lowest BCUT2D eigenvalue weighted by Crippen LogP contribution is -2.28. The van der Waals surface area contributed by atoms with E-state index < -0.39 is 0 Å². The zero-order valence-corrected chi connectivity index (χ0v) is 15.1. The smallest absolute Gasteiger partial charge is 0.158 e. The summed E-state index contributed by atoms with van der Waals surface area (Å²) in [5.41, 5.74) is 8.60. The third-order valence-corrected chi connectivity index (χ3v) is 3.49. The molecule has 1 aromatic carbocycles. The van der Waals surface area contributed by atoms with Gasteiger partial charge in [0.25, 0.3) is 0 Å². The van der Waals surface area contributed by atoms with Crippen molar-refractivity contribution < 1.29 is 9.47 Å². The average molecular weight is 336 g/mol. The molecule has 0 bridgehead atoms. The van der Waals surface area contributed by atoms with Crippen LogP contribution in [0.1, 0.15) is 38.7 Å². The van der Waals surface area contributed by atoms with Crippen LogP contribution in [0.3, 0.4) is 0 Å². The van der Waals surface area contributed by atoms with Crippen molar-refractivity contribution in [2.24, 2.45) is 11.6 Å². The zero-order chi connectivity index (χ0) is 17.8. The number of benzene rings is 1. The number of nitrogens with two attached hydrogens (primary N) is 2. The minimum Gasteiger partial charge on any atom is -0.399 e. The number of hydrogen-bond donors (Lipinski definition) is 3. The van der Waals surface area contributed by atoms with Gasteiger partial charge in [0.15, 0.2) is 6.29 Å². The van der Waals surface area contributed by atoms with E-state index in [1.807, 2.05) is 45.2 Å². The third kappa shape index (κ3) is 7.31. The lowest BCUT2D eigenvalue weighted by atomic mass is 10.2. The van der Waals surface area contributed by atoms with Gasteiger partial charge in [-0.2, -0.15) is 0 Å². The maximum absolute atomic E-state index is 6.00. The lowest BCUT2D eigenvalue weighted by molar-refractivity contribution is -0.157. The van der Waals surface area contributed by atoms with Crippen molar-refractivity contribution in [3.63, 3.8) is 0 Å². The molecule has 1 saturated heterocycles. The van der Waals surface area contributed by atoms with E-state index in [0.29, 0.717) is 12.3 Å². The van der Waals surface area contributed by atoms with E-state index in [1.54, 1.807) is 6.20 Å². The second-order valence-electron chi connectivity index (χ2n) is 5.42. The fourth-order valence-corrected chi connectivity index (χ4v) is 2.31. The number of nitrogens with one attached hydrogen (secondary N) is 1. The van der Waals surface area contributed by atoms with Crippen LogP contribution in [0.2, 0.25) is 0 Å². The van der Waals surface area contributed by atoms with Crippen molar-refractivity contribution in [3.05, 3.63) is 41.7 Å². The van der Waals surface area contributed by atoms with Gasteiger partial charge >= 0.3 is 0 Å². The molecule has 1 unspecified atom stereocenters. The monoisotopic (exact) mass is 336 g/mol. The van der Waals surface area contributed by atoms with Crippen LogP contribution >= 0.6 is 0 Å². The number of rotatable bonds is 7. The molecule has 5 N–H and O–H groups in total. The Labute approximate surface area is 145 Å². The molecule has 2 rings (SSSR count). The molecule has 0 aromatic heterocycles. The lowest BCUT2D eigenvalue weighted by Gasteiger charge is -2.23. The van der Waals surface area contributed by atoms with E-state index in [2.05, 4.69) is 5.32 Å². The molecule has 6 heteroatoms. The Balaban J connectivity index is 0.00000139. The molecular weight excluding hydrogens is 304 g/mol. The number of ether oxygens (including phenoxy) is 2. The van der Waals surface area contributed by atoms with Crippen molar-refractivity contribution in [2.75, 3.05) is 25.3 Å². The Bertz CT molecular complexity index is 470. The molecule has 24 heavy (non-hydrogen) atoms. The first-order valence-electron chi connectivity index (χ1n) is 8.66.